The van der Waals surface area contributed by atoms with Gasteiger partial charge in [0.05, 0.1) is 9.85 Å². The van der Waals surface area contributed by atoms with Gasteiger partial charge in [-0.2, -0.15) is 0 Å². The molecule has 2 rings (SSSR count). The van der Waals surface area contributed by atoms with Crippen molar-refractivity contribution >= 4 is 11.4 Å². The summed E-state index contributed by atoms with van der Waals surface area (Å²) >= 11 is 0. The van der Waals surface area contributed by atoms with Crippen LogP contribution in [0.2, 0.25) is 0 Å². The fourth-order valence-corrected chi connectivity index (χ4v) is 3.68. The number of nitro groups is 2. The predicted octanol–water partition coefficient (Wildman–Crippen LogP) is 5.02. The Morgan fingerprint density at radius 1 is 0.625 bits per heavy atom. The van der Waals surface area contributed by atoms with Crippen molar-refractivity contribution in [3.05, 3.63) is 65.7 Å². The summed E-state index contributed by atoms with van der Waals surface area (Å²) in [6.07, 6.45) is 0. The fraction of sp³-hybridized carbons (Fsp3) is 0.333. The van der Waals surface area contributed by atoms with E-state index in [0.29, 0.717) is 33.4 Å². The number of nitro benzene ring substituents is 2. The molecule has 0 aliphatic heterocycles. The molecule has 0 saturated carbocycles. The summed E-state index contributed by atoms with van der Waals surface area (Å²) in [5.41, 5.74) is 5.58. The van der Waals surface area contributed by atoms with Gasteiger partial charge in [0.25, 0.3) is 11.4 Å². The molecular formula is C18H20N2O4. The summed E-state index contributed by atoms with van der Waals surface area (Å²) in [5, 5.41) is 22.9. The zero-order chi connectivity index (χ0) is 18.3. The van der Waals surface area contributed by atoms with E-state index in [1.807, 2.05) is 13.8 Å². The minimum atomic E-state index is -0.388. The first-order valence-electron chi connectivity index (χ1n) is 7.58. The van der Waals surface area contributed by atoms with E-state index < -0.39 is 0 Å². The van der Waals surface area contributed by atoms with Crippen LogP contribution < -0.4 is 0 Å². The van der Waals surface area contributed by atoms with Crippen molar-refractivity contribution in [2.24, 2.45) is 0 Å². The highest BCUT2D eigenvalue weighted by Gasteiger charge is 2.26. The lowest BCUT2D eigenvalue weighted by atomic mass is 9.86. The maximum atomic E-state index is 11.4. The zero-order valence-corrected chi connectivity index (χ0v) is 14.7. The van der Waals surface area contributed by atoms with E-state index in [2.05, 4.69) is 0 Å². The van der Waals surface area contributed by atoms with E-state index in [1.54, 1.807) is 39.8 Å². The van der Waals surface area contributed by atoms with Gasteiger partial charge in [0.1, 0.15) is 0 Å². The highest BCUT2D eigenvalue weighted by molar-refractivity contribution is 5.83. The Kier molecular flexibility index (Phi) is 4.42. The third kappa shape index (κ3) is 2.64. The van der Waals surface area contributed by atoms with Gasteiger partial charge in [-0.1, -0.05) is 0 Å². The molecule has 0 fully saturated rings. The van der Waals surface area contributed by atoms with Crippen molar-refractivity contribution in [3.63, 3.8) is 0 Å². The van der Waals surface area contributed by atoms with Crippen molar-refractivity contribution in [3.8, 4) is 11.1 Å². The van der Waals surface area contributed by atoms with Crippen molar-refractivity contribution in [1.29, 1.82) is 0 Å². The van der Waals surface area contributed by atoms with Crippen molar-refractivity contribution in [2.75, 3.05) is 0 Å². The summed E-state index contributed by atoms with van der Waals surface area (Å²) in [4.78, 5) is 22.1. The molecule has 0 atom stereocenters. The number of hydrogen-bond acceptors (Lipinski definition) is 4. The maximum Gasteiger partial charge on any atom is 0.275 e. The third-order valence-electron chi connectivity index (χ3n) is 4.48. The first kappa shape index (κ1) is 17.6. The molecule has 0 N–H and O–H groups in total. The van der Waals surface area contributed by atoms with Gasteiger partial charge < -0.3 is 0 Å². The molecule has 0 aromatic heterocycles. The van der Waals surface area contributed by atoms with Crippen LogP contribution in [-0.4, -0.2) is 9.85 Å². The number of nitrogens with zero attached hydrogens (tertiary/aromatic N) is 2. The second kappa shape index (κ2) is 6.03. The van der Waals surface area contributed by atoms with E-state index >= 15 is 0 Å². The van der Waals surface area contributed by atoms with Crippen LogP contribution in [-0.2, 0) is 0 Å². The van der Waals surface area contributed by atoms with E-state index in [9.17, 15) is 20.2 Å². The van der Waals surface area contributed by atoms with Crippen LogP contribution in [0.1, 0.15) is 33.4 Å². The lowest BCUT2D eigenvalue weighted by Gasteiger charge is -2.18. The SMILES string of the molecule is Cc1cc(C)c([N+](=O)[O-])c(C)c1-c1c(C)cc(C)c([N+](=O)[O-])c1C. The molecule has 2 aromatic rings. The van der Waals surface area contributed by atoms with Crippen molar-refractivity contribution in [2.45, 2.75) is 41.5 Å². The van der Waals surface area contributed by atoms with Gasteiger partial charge in [-0.3, -0.25) is 20.2 Å². The number of hydrogen-bond donors (Lipinski definition) is 0. The standard InChI is InChI=1S/C18H20N2O4/c1-9-7-11(3)17(19(21)22)13(5)15(9)16-10(2)8-12(4)18(14(16)6)20(23)24/h7-8H,1-6H3. The lowest BCUT2D eigenvalue weighted by molar-refractivity contribution is -0.386. The average molecular weight is 328 g/mol. The number of rotatable bonds is 3. The van der Waals surface area contributed by atoms with E-state index in [-0.39, 0.29) is 21.2 Å². The van der Waals surface area contributed by atoms with Gasteiger partial charge in [0, 0.05) is 22.3 Å². The Labute approximate surface area is 140 Å². The molecule has 0 unspecified atom stereocenters. The molecule has 0 aliphatic carbocycles. The lowest BCUT2D eigenvalue weighted by Crippen LogP contribution is -2.04. The molecule has 0 radical (unpaired) electrons. The topological polar surface area (TPSA) is 86.3 Å². The molecule has 0 aliphatic rings. The molecule has 6 nitrogen and oxygen atoms in total. The Morgan fingerprint density at radius 2 is 0.917 bits per heavy atom. The second-order valence-electron chi connectivity index (χ2n) is 6.23. The predicted molar refractivity (Wildman–Crippen MR) is 93.6 cm³/mol. The molecule has 6 heteroatoms. The summed E-state index contributed by atoms with van der Waals surface area (Å²) in [5.74, 6) is 0. The molecule has 0 bridgehead atoms. The minimum absolute atomic E-state index is 0.0672. The highest BCUT2D eigenvalue weighted by atomic mass is 16.6. The van der Waals surface area contributed by atoms with Crippen LogP contribution in [0.3, 0.4) is 0 Å². The van der Waals surface area contributed by atoms with Crippen LogP contribution >= 0.6 is 0 Å². The minimum Gasteiger partial charge on any atom is -0.258 e. The van der Waals surface area contributed by atoms with Crippen LogP contribution in [0.5, 0.6) is 0 Å². The van der Waals surface area contributed by atoms with Crippen LogP contribution in [0, 0.1) is 61.8 Å². The number of aryl methyl sites for hydroxylation is 4. The van der Waals surface area contributed by atoms with E-state index in [0.717, 1.165) is 11.1 Å². The quantitative estimate of drug-likeness (QED) is 0.584. The van der Waals surface area contributed by atoms with Gasteiger partial charge in [-0.25, -0.2) is 0 Å². The molecule has 0 spiro atoms. The van der Waals surface area contributed by atoms with E-state index in [1.165, 1.54) is 0 Å². The third-order valence-corrected chi connectivity index (χ3v) is 4.48. The van der Waals surface area contributed by atoms with Gasteiger partial charge in [0.15, 0.2) is 0 Å². The normalized spacial score (nSPS) is 10.8. The van der Waals surface area contributed by atoms with E-state index in [4.69, 9.17) is 0 Å². The smallest absolute Gasteiger partial charge is 0.258 e. The Hall–Kier alpha value is -2.76. The molecule has 0 saturated heterocycles. The second-order valence-corrected chi connectivity index (χ2v) is 6.23. The van der Waals surface area contributed by atoms with Crippen LogP contribution in [0.25, 0.3) is 11.1 Å². The highest BCUT2D eigenvalue weighted by Crippen LogP contribution is 2.41. The fourth-order valence-electron chi connectivity index (χ4n) is 3.68. The molecule has 0 heterocycles. The Balaban J connectivity index is 2.98. The molecule has 0 amide bonds. The Morgan fingerprint density at radius 3 is 1.17 bits per heavy atom. The maximum absolute atomic E-state index is 11.4. The summed E-state index contributed by atoms with van der Waals surface area (Å²) < 4.78 is 0. The number of benzene rings is 2. The van der Waals surface area contributed by atoms with Crippen LogP contribution in [0.4, 0.5) is 11.4 Å². The van der Waals surface area contributed by atoms with Crippen LogP contribution in [0.15, 0.2) is 12.1 Å². The van der Waals surface area contributed by atoms with Crippen molar-refractivity contribution in [1.82, 2.24) is 0 Å². The largest absolute Gasteiger partial charge is 0.275 e. The Bertz CT molecular complexity index is 812. The first-order chi connectivity index (χ1) is 11.1. The van der Waals surface area contributed by atoms with Crippen molar-refractivity contribution < 1.29 is 9.85 Å². The van der Waals surface area contributed by atoms with Gasteiger partial charge in [-0.15, -0.1) is 0 Å². The van der Waals surface area contributed by atoms with Gasteiger partial charge >= 0.3 is 0 Å². The summed E-state index contributed by atoms with van der Waals surface area (Å²) in [7, 11) is 0. The molecule has 2 aromatic carbocycles. The zero-order valence-electron chi connectivity index (χ0n) is 14.7. The van der Waals surface area contributed by atoms with Gasteiger partial charge in [-0.05, 0) is 75.9 Å². The first-order valence-corrected chi connectivity index (χ1v) is 7.58. The summed E-state index contributed by atoms with van der Waals surface area (Å²) in [6.45, 7) is 10.6. The van der Waals surface area contributed by atoms with Gasteiger partial charge in [0.2, 0.25) is 0 Å². The monoisotopic (exact) mass is 328 g/mol. The molecular weight excluding hydrogens is 308 g/mol. The molecule has 24 heavy (non-hydrogen) atoms. The molecule has 126 valence electrons. The summed E-state index contributed by atoms with van der Waals surface area (Å²) in [6, 6.07) is 3.54. The average Bonchev–Trinajstić information content (AvgIpc) is 2.40.